The largest absolute Gasteiger partial charge is 0.337 e. The third-order valence-corrected chi connectivity index (χ3v) is 4.18. The molecule has 3 rings (SSSR count). The Hall–Kier alpha value is -2.08. The number of benzene rings is 1. The molecule has 2 fully saturated rings. The fourth-order valence-electron chi connectivity index (χ4n) is 2.65. The zero-order valence-corrected chi connectivity index (χ0v) is 12.8. The highest BCUT2D eigenvalue weighted by Gasteiger charge is 2.25. The van der Waals surface area contributed by atoms with Crippen LogP contribution in [0.5, 0.6) is 0 Å². The van der Waals surface area contributed by atoms with Crippen molar-refractivity contribution in [2.24, 2.45) is 0 Å². The maximum atomic E-state index is 12.5. The molecule has 1 aliphatic carbocycles. The number of carbonyl (C=O) groups excluding carboxylic acids is 2. The minimum Gasteiger partial charge on any atom is -0.337 e. The van der Waals surface area contributed by atoms with Gasteiger partial charge in [0.25, 0.3) is 5.91 Å². The van der Waals surface area contributed by atoms with Crippen molar-refractivity contribution >= 4 is 17.6 Å². The molecule has 1 heterocycles. The van der Waals surface area contributed by atoms with Crippen molar-refractivity contribution in [3.63, 3.8) is 0 Å². The Kier molecular flexibility index (Phi) is 4.29. The van der Waals surface area contributed by atoms with Crippen molar-refractivity contribution in [2.75, 3.05) is 25.5 Å². The molecule has 0 bridgehead atoms. The summed E-state index contributed by atoms with van der Waals surface area (Å²) in [4.78, 5) is 26.1. The van der Waals surface area contributed by atoms with Gasteiger partial charge in [-0.15, -0.1) is 0 Å². The molecule has 118 valence electrons. The fourth-order valence-corrected chi connectivity index (χ4v) is 2.65. The number of hydrogen-bond donors (Lipinski definition) is 3. The van der Waals surface area contributed by atoms with Gasteiger partial charge >= 0.3 is 6.03 Å². The van der Waals surface area contributed by atoms with Crippen molar-refractivity contribution in [3.05, 3.63) is 29.8 Å². The van der Waals surface area contributed by atoms with Crippen LogP contribution >= 0.6 is 0 Å². The second-order valence-corrected chi connectivity index (χ2v) is 6.02. The third-order valence-electron chi connectivity index (χ3n) is 4.18. The summed E-state index contributed by atoms with van der Waals surface area (Å²) in [5, 5.41) is 8.91. The molecule has 22 heavy (non-hydrogen) atoms. The summed E-state index contributed by atoms with van der Waals surface area (Å²) >= 11 is 0. The van der Waals surface area contributed by atoms with Gasteiger partial charge in [0.05, 0.1) is 0 Å². The van der Waals surface area contributed by atoms with E-state index >= 15 is 0 Å². The van der Waals surface area contributed by atoms with E-state index < -0.39 is 0 Å². The zero-order chi connectivity index (χ0) is 15.5. The molecule has 1 saturated heterocycles. The first-order chi connectivity index (χ1) is 10.6. The van der Waals surface area contributed by atoms with E-state index in [1.54, 1.807) is 29.2 Å². The standard InChI is InChI=1S/C16H22N4O2/c1-20(14-7-8-17-10-14)15(21)11-3-2-4-13(9-11)19-16(22)18-12-5-6-12/h2-4,9,12,14,17H,5-8,10H2,1H3,(H2,18,19,22). The van der Waals surface area contributed by atoms with Crippen LogP contribution in [0.1, 0.15) is 29.6 Å². The predicted octanol–water partition coefficient (Wildman–Crippen LogP) is 1.40. The van der Waals surface area contributed by atoms with Crippen LogP contribution < -0.4 is 16.0 Å². The summed E-state index contributed by atoms with van der Waals surface area (Å²) in [6.45, 7) is 1.79. The SMILES string of the molecule is CN(C(=O)c1cccc(NC(=O)NC2CC2)c1)C1CCNC1. The Morgan fingerprint density at radius 1 is 1.27 bits per heavy atom. The van der Waals surface area contributed by atoms with Gasteiger partial charge in [-0.05, 0) is 44.0 Å². The second kappa shape index (κ2) is 6.36. The average Bonchev–Trinajstić information content (AvgIpc) is 3.15. The van der Waals surface area contributed by atoms with Crippen LogP contribution in [0.25, 0.3) is 0 Å². The molecule has 1 atom stereocenters. The van der Waals surface area contributed by atoms with Crippen LogP contribution in [0.2, 0.25) is 0 Å². The van der Waals surface area contributed by atoms with Crippen LogP contribution in [0.3, 0.4) is 0 Å². The Labute approximate surface area is 130 Å². The van der Waals surface area contributed by atoms with Crippen molar-refractivity contribution < 1.29 is 9.59 Å². The summed E-state index contributed by atoms with van der Waals surface area (Å²) in [5.41, 5.74) is 1.24. The lowest BCUT2D eigenvalue weighted by molar-refractivity contribution is 0.0744. The Morgan fingerprint density at radius 2 is 2.09 bits per heavy atom. The van der Waals surface area contributed by atoms with E-state index in [0.29, 0.717) is 17.3 Å². The maximum Gasteiger partial charge on any atom is 0.319 e. The van der Waals surface area contributed by atoms with E-state index in [1.807, 2.05) is 7.05 Å². The molecule has 1 aromatic carbocycles. The summed E-state index contributed by atoms with van der Waals surface area (Å²) in [6.07, 6.45) is 3.07. The van der Waals surface area contributed by atoms with Crippen molar-refractivity contribution in [2.45, 2.75) is 31.3 Å². The molecule has 0 radical (unpaired) electrons. The van der Waals surface area contributed by atoms with Crippen LogP contribution in [-0.2, 0) is 0 Å². The lowest BCUT2D eigenvalue weighted by atomic mass is 10.1. The molecule has 1 saturated carbocycles. The quantitative estimate of drug-likeness (QED) is 0.787. The molecule has 3 N–H and O–H groups in total. The fraction of sp³-hybridized carbons (Fsp3) is 0.500. The van der Waals surface area contributed by atoms with Gasteiger partial charge in [0.2, 0.25) is 0 Å². The molecule has 0 spiro atoms. The monoisotopic (exact) mass is 302 g/mol. The zero-order valence-electron chi connectivity index (χ0n) is 12.8. The summed E-state index contributed by atoms with van der Waals surface area (Å²) in [7, 11) is 1.83. The number of nitrogens with one attached hydrogen (secondary N) is 3. The molecular weight excluding hydrogens is 280 g/mol. The number of rotatable bonds is 4. The highest BCUT2D eigenvalue weighted by molar-refractivity contribution is 5.97. The van der Waals surface area contributed by atoms with Gasteiger partial charge in [-0.2, -0.15) is 0 Å². The van der Waals surface area contributed by atoms with Crippen molar-refractivity contribution in [1.29, 1.82) is 0 Å². The Balaban J connectivity index is 1.64. The predicted molar refractivity (Wildman–Crippen MR) is 85.0 cm³/mol. The van der Waals surface area contributed by atoms with Crippen LogP contribution in [-0.4, -0.2) is 49.1 Å². The molecule has 2 aliphatic rings. The number of urea groups is 1. The van der Waals surface area contributed by atoms with Gasteiger partial charge in [0.1, 0.15) is 0 Å². The average molecular weight is 302 g/mol. The van der Waals surface area contributed by atoms with Crippen molar-refractivity contribution in [1.82, 2.24) is 15.5 Å². The lowest BCUT2D eigenvalue weighted by Gasteiger charge is -2.24. The van der Waals surface area contributed by atoms with Crippen LogP contribution in [0, 0.1) is 0 Å². The van der Waals surface area contributed by atoms with Gasteiger partial charge in [-0.25, -0.2) is 4.79 Å². The summed E-state index contributed by atoms with van der Waals surface area (Å²) < 4.78 is 0. The number of nitrogens with zero attached hydrogens (tertiary/aromatic N) is 1. The Morgan fingerprint density at radius 3 is 2.77 bits per heavy atom. The number of amides is 3. The first-order valence-electron chi connectivity index (χ1n) is 7.79. The molecule has 6 heteroatoms. The van der Waals surface area contributed by atoms with E-state index in [9.17, 15) is 9.59 Å². The van der Waals surface area contributed by atoms with Crippen LogP contribution in [0.15, 0.2) is 24.3 Å². The topological polar surface area (TPSA) is 73.5 Å². The minimum absolute atomic E-state index is 0.0139. The second-order valence-electron chi connectivity index (χ2n) is 6.02. The summed E-state index contributed by atoms with van der Waals surface area (Å²) in [5.74, 6) is -0.0139. The van der Waals surface area contributed by atoms with Gasteiger partial charge in [-0.1, -0.05) is 6.07 Å². The van der Waals surface area contributed by atoms with Crippen molar-refractivity contribution in [3.8, 4) is 0 Å². The molecular formula is C16H22N4O2. The smallest absolute Gasteiger partial charge is 0.319 e. The first kappa shape index (κ1) is 14.8. The molecule has 3 amide bonds. The molecule has 1 aliphatic heterocycles. The molecule has 1 unspecified atom stereocenters. The molecule has 6 nitrogen and oxygen atoms in total. The van der Waals surface area contributed by atoms with Gasteiger partial charge < -0.3 is 20.9 Å². The molecule has 0 aromatic heterocycles. The highest BCUT2D eigenvalue weighted by atomic mass is 16.2. The van der Waals surface area contributed by atoms with Gasteiger partial charge in [0.15, 0.2) is 0 Å². The number of anilines is 1. The van der Waals surface area contributed by atoms with E-state index in [2.05, 4.69) is 16.0 Å². The number of likely N-dealkylation sites (N-methyl/N-ethyl adjacent to an activating group) is 1. The van der Waals surface area contributed by atoms with E-state index in [1.165, 1.54) is 0 Å². The van der Waals surface area contributed by atoms with Crippen LogP contribution in [0.4, 0.5) is 10.5 Å². The minimum atomic E-state index is -0.208. The van der Waals surface area contributed by atoms with E-state index in [4.69, 9.17) is 0 Å². The van der Waals surface area contributed by atoms with E-state index in [-0.39, 0.29) is 18.0 Å². The van der Waals surface area contributed by atoms with Gasteiger partial charge in [-0.3, -0.25) is 4.79 Å². The molecule has 1 aromatic rings. The lowest BCUT2D eigenvalue weighted by Crippen LogP contribution is -2.38. The third kappa shape index (κ3) is 3.57. The normalized spacial score (nSPS) is 20.5. The highest BCUT2D eigenvalue weighted by Crippen LogP contribution is 2.19. The number of carbonyl (C=O) groups is 2. The summed E-state index contributed by atoms with van der Waals surface area (Å²) in [6, 6.07) is 7.44. The van der Waals surface area contributed by atoms with E-state index in [0.717, 1.165) is 32.4 Å². The Bertz CT molecular complexity index is 565. The maximum absolute atomic E-state index is 12.5. The number of hydrogen-bond acceptors (Lipinski definition) is 3. The first-order valence-corrected chi connectivity index (χ1v) is 7.79. The van der Waals surface area contributed by atoms with Gasteiger partial charge in [0, 0.05) is 36.9 Å².